The SMILES string of the molecule is CC(C)(C)[C@@H](N)c1ccc[nH]1.Cl. The number of aromatic nitrogens is 1. The molecule has 1 atom stereocenters. The summed E-state index contributed by atoms with van der Waals surface area (Å²) >= 11 is 0. The van der Waals surface area contributed by atoms with Crippen molar-refractivity contribution in [1.82, 2.24) is 4.98 Å². The number of nitrogens with two attached hydrogens (primary N) is 1. The highest BCUT2D eigenvalue weighted by atomic mass is 35.5. The van der Waals surface area contributed by atoms with Crippen molar-refractivity contribution in [3.8, 4) is 0 Å². The fourth-order valence-electron chi connectivity index (χ4n) is 1.00. The molecule has 0 aromatic carbocycles. The minimum atomic E-state index is 0. The van der Waals surface area contributed by atoms with Crippen LogP contribution in [-0.4, -0.2) is 4.98 Å². The zero-order valence-electron chi connectivity index (χ0n) is 7.79. The van der Waals surface area contributed by atoms with Crippen LogP contribution in [0.2, 0.25) is 0 Å². The molecule has 0 saturated carbocycles. The highest BCUT2D eigenvalue weighted by molar-refractivity contribution is 5.85. The second-order valence-electron chi connectivity index (χ2n) is 3.97. The van der Waals surface area contributed by atoms with E-state index in [4.69, 9.17) is 5.73 Å². The van der Waals surface area contributed by atoms with Gasteiger partial charge in [0.05, 0.1) is 0 Å². The Morgan fingerprint density at radius 1 is 1.42 bits per heavy atom. The van der Waals surface area contributed by atoms with Gasteiger partial charge in [0.15, 0.2) is 0 Å². The molecule has 0 bridgehead atoms. The Kier molecular flexibility index (Phi) is 3.81. The maximum Gasteiger partial charge on any atom is 0.0496 e. The van der Waals surface area contributed by atoms with Gasteiger partial charge >= 0.3 is 0 Å². The normalized spacial score (nSPS) is 13.7. The van der Waals surface area contributed by atoms with Crippen LogP contribution in [0.25, 0.3) is 0 Å². The Morgan fingerprint density at radius 2 is 2.00 bits per heavy atom. The third-order valence-corrected chi connectivity index (χ3v) is 1.89. The average Bonchev–Trinajstić information content (AvgIpc) is 2.34. The zero-order chi connectivity index (χ0) is 8.48. The van der Waals surface area contributed by atoms with Gasteiger partial charge in [-0.1, -0.05) is 20.8 Å². The number of hydrogen-bond donors (Lipinski definition) is 2. The third-order valence-electron chi connectivity index (χ3n) is 1.89. The molecule has 1 heterocycles. The van der Waals surface area contributed by atoms with Crippen molar-refractivity contribution in [2.45, 2.75) is 26.8 Å². The summed E-state index contributed by atoms with van der Waals surface area (Å²) in [6, 6.07) is 4.09. The molecule has 1 aromatic rings. The predicted octanol–water partition coefficient (Wildman–Crippen LogP) is 2.48. The topological polar surface area (TPSA) is 41.8 Å². The van der Waals surface area contributed by atoms with Gasteiger partial charge in [0, 0.05) is 17.9 Å². The van der Waals surface area contributed by atoms with E-state index >= 15 is 0 Å². The number of nitrogens with one attached hydrogen (secondary N) is 1. The molecule has 0 aliphatic carbocycles. The summed E-state index contributed by atoms with van der Waals surface area (Å²) in [6.45, 7) is 6.41. The Labute approximate surface area is 80.0 Å². The van der Waals surface area contributed by atoms with Gasteiger partial charge in [-0.05, 0) is 17.5 Å². The van der Waals surface area contributed by atoms with E-state index in [1.807, 2.05) is 18.3 Å². The lowest BCUT2D eigenvalue weighted by atomic mass is 9.86. The van der Waals surface area contributed by atoms with E-state index in [-0.39, 0.29) is 23.9 Å². The molecule has 1 rings (SSSR count). The molecule has 0 spiro atoms. The van der Waals surface area contributed by atoms with E-state index in [2.05, 4.69) is 25.8 Å². The monoisotopic (exact) mass is 188 g/mol. The molecular weight excluding hydrogens is 172 g/mol. The summed E-state index contributed by atoms with van der Waals surface area (Å²) in [5.41, 5.74) is 7.22. The van der Waals surface area contributed by atoms with Gasteiger partial charge in [-0.15, -0.1) is 12.4 Å². The Morgan fingerprint density at radius 3 is 2.33 bits per heavy atom. The molecule has 0 aliphatic rings. The summed E-state index contributed by atoms with van der Waals surface area (Å²) in [5.74, 6) is 0. The molecule has 0 aliphatic heterocycles. The first-order valence-electron chi connectivity index (χ1n) is 3.90. The molecule has 1 aromatic heterocycles. The quantitative estimate of drug-likeness (QED) is 0.699. The summed E-state index contributed by atoms with van der Waals surface area (Å²) in [4.78, 5) is 3.12. The number of aromatic amines is 1. The predicted molar refractivity (Wildman–Crippen MR) is 54.4 cm³/mol. The molecule has 0 saturated heterocycles. The van der Waals surface area contributed by atoms with Crippen LogP contribution < -0.4 is 5.73 Å². The lowest BCUT2D eigenvalue weighted by Gasteiger charge is -2.25. The lowest BCUT2D eigenvalue weighted by molar-refractivity contribution is 0.322. The van der Waals surface area contributed by atoms with E-state index < -0.39 is 0 Å². The van der Waals surface area contributed by atoms with Crippen molar-refractivity contribution in [1.29, 1.82) is 0 Å². The van der Waals surface area contributed by atoms with Crippen LogP contribution in [0.1, 0.15) is 32.5 Å². The standard InChI is InChI=1S/C9H16N2.ClH/c1-9(2,3)8(10)7-5-4-6-11-7;/h4-6,8,11H,10H2,1-3H3;1H/t8-;/m0./s1. The van der Waals surface area contributed by atoms with Crippen LogP contribution in [-0.2, 0) is 0 Å². The molecule has 70 valence electrons. The summed E-state index contributed by atoms with van der Waals surface area (Å²) in [7, 11) is 0. The minimum absolute atomic E-state index is 0. The first-order valence-corrected chi connectivity index (χ1v) is 3.90. The van der Waals surface area contributed by atoms with Crippen LogP contribution in [0.5, 0.6) is 0 Å². The zero-order valence-corrected chi connectivity index (χ0v) is 8.61. The molecule has 0 amide bonds. The van der Waals surface area contributed by atoms with Gasteiger partial charge < -0.3 is 10.7 Å². The highest BCUT2D eigenvalue weighted by Gasteiger charge is 2.22. The fraction of sp³-hybridized carbons (Fsp3) is 0.556. The van der Waals surface area contributed by atoms with E-state index in [9.17, 15) is 0 Å². The van der Waals surface area contributed by atoms with Gasteiger partial charge in [0.25, 0.3) is 0 Å². The smallest absolute Gasteiger partial charge is 0.0496 e. The number of halogens is 1. The Hall–Kier alpha value is -0.470. The minimum Gasteiger partial charge on any atom is -0.364 e. The fourth-order valence-corrected chi connectivity index (χ4v) is 1.00. The van der Waals surface area contributed by atoms with Crippen LogP contribution in [0.4, 0.5) is 0 Å². The third kappa shape index (κ3) is 2.54. The molecule has 12 heavy (non-hydrogen) atoms. The van der Waals surface area contributed by atoms with E-state index in [0.717, 1.165) is 5.69 Å². The second kappa shape index (κ2) is 3.97. The number of hydrogen-bond acceptors (Lipinski definition) is 1. The van der Waals surface area contributed by atoms with Crippen molar-refractivity contribution in [2.75, 3.05) is 0 Å². The van der Waals surface area contributed by atoms with E-state index in [1.165, 1.54) is 0 Å². The number of H-pyrrole nitrogens is 1. The molecular formula is C9H17ClN2. The highest BCUT2D eigenvalue weighted by Crippen LogP contribution is 2.28. The van der Waals surface area contributed by atoms with Crippen molar-refractivity contribution in [2.24, 2.45) is 11.1 Å². The van der Waals surface area contributed by atoms with Crippen LogP contribution in [0.3, 0.4) is 0 Å². The lowest BCUT2D eigenvalue weighted by Crippen LogP contribution is -2.26. The first-order chi connectivity index (χ1) is 5.02. The Balaban J connectivity index is 0.00000121. The van der Waals surface area contributed by atoms with Crippen LogP contribution >= 0.6 is 12.4 Å². The molecule has 3 N–H and O–H groups in total. The van der Waals surface area contributed by atoms with Crippen molar-refractivity contribution < 1.29 is 0 Å². The largest absolute Gasteiger partial charge is 0.364 e. The van der Waals surface area contributed by atoms with Crippen molar-refractivity contribution in [3.63, 3.8) is 0 Å². The van der Waals surface area contributed by atoms with Gasteiger partial charge in [-0.3, -0.25) is 0 Å². The van der Waals surface area contributed by atoms with Gasteiger partial charge in [-0.25, -0.2) is 0 Å². The summed E-state index contributed by atoms with van der Waals surface area (Å²) in [5, 5.41) is 0. The second-order valence-corrected chi connectivity index (χ2v) is 3.97. The van der Waals surface area contributed by atoms with Gasteiger partial charge in [0.1, 0.15) is 0 Å². The first kappa shape index (κ1) is 11.5. The average molecular weight is 189 g/mol. The van der Waals surface area contributed by atoms with Crippen molar-refractivity contribution in [3.05, 3.63) is 24.0 Å². The van der Waals surface area contributed by atoms with Gasteiger partial charge in [-0.2, -0.15) is 0 Å². The summed E-state index contributed by atoms with van der Waals surface area (Å²) < 4.78 is 0. The molecule has 0 radical (unpaired) electrons. The van der Waals surface area contributed by atoms with E-state index in [1.54, 1.807) is 0 Å². The van der Waals surface area contributed by atoms with Crippen molar-refractivity contribution >= 4 is 12.4 Å². The van der Waals surface area contributed by atoms with E-state index in [0.29, 0.717) is 0 Å². The number of rotatable bonds is 1. The van der Waals surface area contributed by atoms with Gasteiger partial charge in [0.2, 0.25) is 0 Å². The molecule has 2 nitrogen and oxygen atoms in total. The molecule has 0 unspecified atom stereocenters. The maximum absolute atomic E-state index is 5.99. The summed E-state index contributed by atoms with van der Waals surface area (Å²) in [6.07, 6.45) is 1.90. The Bertz CT molecular complexity index is 211. The molecule has 3 heteroatoms. The maximum atomic E-state index is 5.99. The van der Waals surface area contributed by atoms with Crippen LogP contribution in [0.15, 0.2) is 18.3 Å². The van der Waals surface area contributed by atoms with Crippen LogP contribution in [0, 0.1) is 5.41 Å². The molecule has 0 fully saturated rings.